The lowest BCUT2D eigenvalue weighted by Crippen LogP contribution is -2.48. The molecule has 0 saturated heterocycles. The quantitative estimate of drug-likeness (QED) is 0.435. The highest BCUT2D eigenvalue weighted by atomic mass is 32.1. The summed E-state index contributed by atoms with van der Waals surface area (Å²) in [6.45, 7) is 1.98. The molecule has 0 aliphatic carbocycles. The number of amides is 2. The first-order valence-electron chi connectivity index (χ1n) is 5.71. The van der Waals surface area contributed by atoms with E-state index < -0.39 is 12.0 Å². The van der Waals surface area contributed by atoms with Gasteiger partial charge in [0.05, 0.1) is 7.11 Å². The van der Waals surface area contributed by atoms with E-state index in [1.165, 1.54) is 13.2 Å². The van der Waals surface area contributed by atoms with Gasteiger partial charge in [-0.1, -0.05) is 29.8 Å². The van der Waals surface area contributed by atoms with Gasteiger partial charge in [-0.15, -0.1) is 0 Å². The Morgan fingerprint density at radius 3 is 2.45 bits per heavy atom. The lowest BCUT2D eigenvalue weighted by molar-refractivity contribution is -0.115. The molecule has 1 rings (SSSR count). The van der Waals surface area contributed by atoms with Crippen molar-refractivity contribution in [3.05, 3.63) is 41.5 Å². The number of aryl methyl sites for hydroxylation is 1. The molecule has 20 heavy (non-hydrogen) atoms. The van der Waals surface area contributed by atoms with Crippen LogP contribution in [-0.4, -0.2) is 24.2 Å². The zero-order valence-electron chi connectivity index (χ0n) is 11.1. The van der Waals surface area contributed by atoms with Crippen LogP contribution in [-0.2, 0) is 9.53 Å². The number of benzene rings is 1. The van der Waals surface area contributed by atoms with Crippen LogP contribution in [0, 0.1) is 6.92 Å². The molecule has 106 valence electrons. The van der Waals surface area contributed by atoms with Crippen molar-refractivity contribution in [1.29, 1.82) is 0 Å². The molecule has 0 atom stereocenters. The number of carbonyl (C=O) groups is 2. The van der Waals surface area contributed by atoms with Gasteiger partial charge in [0, 0.05) is 6.08 Å². The predicted molar refractivity (Wildman–Crippen MR) is 79.6 cm³/mol. The number of hydrogen-bond acceptors (Lipinski definition) is 4. The Bertz CT molecular complexity index is 526. The number of thiocarbonyl (C=S) groups is 1. The van der Waals surface area contributed by atoms with Crippen LogP contribution in [0.2, 0.25) is 0 Å². The van der Waals surface area contributed by atoms with Crippen molar-refractivity contribution in [3.8, 4) is 0 Å². The van der Waals surface area contributed by atoms with E-state index in [1.807, 2.05) is 31.2 Å². The molecule has 6 nitrogen and oxygen atoms in total. The Morgan fingerprint density at radius 1 is 1.20 bits per heavy atom. The van der Waals surface area contributed by atoms with Gasteiger partial charge in [-0.05, 0) is 30.8 Å². The molecule has 0 aliphatic rings. The van der Waals surface area contributed by atoms with E-state index in [9.17, 15) is 9.59 Å². The summed E-state index contributed by atoms with van der Waals surface area (Å²) in [4.78, 5) is 22.3. The summed E-state index contributed by atoms with van der Waals surface area (Å²) < 4.78 is 4.32. The Kier molecular flexibility index (Phi) is 6.18. The third-order valence-electron chi connectivity index (χ3n) is 2.20. The molecule has 1 aromatic rings. The molecule has 0 radical (unpaired) electrons. The molecule has 0 aliphatic heterocycles. The van der Waals surface area contributed by atoms with Gasteiger partial charge in [0.25, 0.3) is 0 Å². The third-order valence-corrected chi connectivity index (χ3v) is 2.41. The largest absolute Gasteiger partial charge is 0.452 e. The Labute approximate surface area is 122 Å². The molecule has 2 amide bonds. The van der Waals surface area contributed by atoms with Crippen LogP contribution in [0.1, 0.15) is 11.1 Å². The van der Waals surface area contributed by atoms with Crippen LogP contribution in [0.5, 0.6) is 0 Å². The van der Waals surface area contributed by atoms with Gasteiger partial charge in [-0.25, -0.2) is 10.2 Å². The van der Waals surface area contributed by atoms with E-state index in [2.05, 4.69) is 20.9 Å². The fraction of sp³-hybridized carbons (Fsp3) is 0.154. The number of carbonyl (C=O) groups excluding carboxylic acids is 2. The third kappa shape index (κ3) is 5.96. The molecular formula is C13H15N3O3S. The van der Waals surface area contributed by atoms with Crippen molar-refractivity contribution in [3.63, 3.8) is 0 Å². The van der Waals surface area contributed by atoms with Crippen LogP contribution in [0.15, 0.2) is 30.3 Å². The van der Waals surface area contributed by atoms with Crippen LogP contribution < -0.4 is 16.2 Å². The highest BCUT2D eigenvalue weighted by Crippen LogP contribution is 2.04. The zero-order chi connectivity index (χ0) is 15.0. The van der Waals surface area contributed by atoms with Crippen molar-refractivity contribution < 1.29 is 14.3 Å². The summed E-state index contributed by atoms with van der Waals surface area (Å²) in [6.07, 6.45) is 2.29. The number of hydrogen-bond donors (Lipinski definition) is 3. The lowest BCUT2D eigenvalue weighted by Gasteiger charge is -2.08. The van der Waals surface area contributed by atoms with Crippen LogP contribution >= 0.6 is 12.2 Å². The van der Waals surface area contributed by atoms with E-state index in [0.717, 1.165) is 11.1 Å². The number of ether oxygens (including phenoxy) is 1. The second-order valence-corrected chi connectivity index (χ2v) is 4.21. The molecule has 0 heterocycles. The van der Waals surface area contributed by atoms with Gasteiger partial charge in [0.1, 0.15) is 0 Å². The van der Waals surface area contributed by atoms with Gasteiger partial charge < -0.3 is 4.74 Å². The maximum Gasteiger partial charge on any atom is 0.425 e. The summed E-state index contributed by atoms with van der Waals surface area (Å²) in [5, 5.41) is 2.33. The van der Waals surface area contributed by atoms with Crippen molar-refractivity contribution >= 4 is 35.4 Å². The number of rotatable bonds is 2. The SMILES string of the molecule is COC(=O)NNC(=S)NC(=O)C=Cc1ccc(C)cc1. The summed E-state index contributed by atoms with van der Waals surface area (Å²) >= 11 is 4.80. The van der Waals surface area contributed by atoms with Crippen molar-refractivity contribution in [2.75, 3.05) is 7.11 Å². The topological polar surface area (TPSA) is 79.5 Å². The number of nitrogens with one attached hydrogen (secondary N) is 3. The zero-order valence-corrected chi connectivity index (χ0v) is 11.9. The van der Waals surface area contributed by atoms with Crippen molar-refractivity contribution in [2.24, 2.45) is 0 Å². The highest BCUT2D eigenvalue weighted by molar-refractivity contribution is 7.80. The minimum atomic E-state index is -0.711. The first kappa shape index (κ1) is 15.6. The number of hydrazine groups is 1. The second kappa shape index (κ2) is 7.90. The van der Waals surface area contributed by atoms with Crippen LogP contribution in [0.4, 0.5) is 4.79 Å². The smallest absolute Gasteiger partial charge is 0.425 e. The molecule has 0 bridgehead atoms. The average molecular weight is 293 g/mol. The Hall–Kier alpha value is -2.41. The molecule has 3 N–H and O–H groups in total. The van der Waals surface area contributed by atoms with Gasteiger partial charge >= 0.3 is 6.09 Å². The minimum absolute atomic E-state index is 0.0334. The summed E-state index contributed by atoms with van der Waals surface area (Å²) in [5.41, 5.74) is 6.48. The van der Waals surface area contributed by atoms with Crippen LogP contribution in [0.25, 0.3) is 6.08 Å². The first-order valence-corrected chi connectivity index (χ1v) is 6.12. The maximum atomic E-state index is 11.5. The molecular weight excluding hydrogens is 278 g/mol. The van der Waals surface area contributed by atoms with E-state index in [0.29, 0.717) is 0 Å². The first-order chi connectivity index (χ1) is 9.51. The molecule has 0 fully saturated rings. The fourth-order valence-corrected chi connectivity index (χ4v) is 1.34. The second-order valence-electron chi connectivity index (χ2n) is 3.80. The van der Waals surface area contributed by atoms with E-state index in [1.54, 1.807) is 6.08 Å². The molecule has 0 unspecified atom stereocenters. The molecule has 7 heteroatoms. The maximum absolute atomic E-state index is 11.5. The summed E-state index contributed by atoms with van der Waals surface area (Å²) in [7, 11) is 1.21. The van der Waals surface area contributed by atoms with Crippen molar-refractivity contribution in [2.45, 2.75) is 6.92 Å². The standard InChI is InChI=1S/C13H15N3O3S/c1-9-3-5-10(6-4-9)7-8-11(17)14-12(20)15-16-13(18)19-2/h3-8H,1-2H3,(H,16,18)(H2,14,15,17,20). The Morgan fingerprint density at radius 2 is 1.85 bits per heavy atom. The molecule has 0 saturated carbocycles. The molecule has 1 aromatic carbocycles. The lowest BCUT2D eigenvalue weighted by atomic mass is 10.1. The number of methoxy groups -OCH3 is 1. The van der Waals surface area contributed by atoms with Gasteiger partial charge in [-0.2, -0.15) is 0 Å². The fourth-order valence-electron chi connectivity index (χ4n) is 1.19. The van der Waals surface area contributed by atoms with E-state index >= 15 is 0 Å². The average Bonchev–Trinajstić information content (AvgIpc) is 2.44. The monoisotopic (exact) mass is 293 g/mol. The van der Waals surface area contributed by atoms with Crippen LogP contribution in [0.3, 0.4) is 0 Å². The molecule has 0 spiro atoms. The highest BCUT2D eigenvalue weighted by Gasteiger charge is 2.02. The van der Waals surface area contributed by atoms with Crippen molar-refractivity contribution in [1.82, 2.24) is 16.2 Å². The van der Waals surface area contributed by atoms with Gasteiger partial charge in [0.2, 0.25) is 5.91 Å². The predicted octanol–water partition coefficient (Wildman–Crippen LogP) is 1.27. The summed E-state index contributed by atoms with van der Waals surface area (Å²) in [6, 6.07) is 7.69. The Balaban J connectivity index is 2.41. The van der Waals surface area contributed by atoms with Gasteiger partial charge in [0.15, 0.2) is 5.11 Å². The normalized spacial score (nSPS) is 9.90. The van der Waals surface area contributed by atoms with E-state index in [4.69, 9.17) is 12.2 Å². The van der Waals surface area contributed by atoms with E-state index in [-0.39, 0.29) is 5.11 Å². The van der Waals surface area contributed by atoms with Gasteiger partial charge in [-0.3, -0.25) is 15.5 Å². The summed E-state index contributed by atoms with van der Waals surface area (Å²) in [5.74, 6) is -0.408. The molecule has 0 aromatic heterocycles. The minimum Gasteiger partial charge on any atom is -0.452 e.